The van der Waals surface area contributed by atoms with Crippen molar-refractivity contribution in [3.05, 3.63) is 39.5 Å². The third-order valence-corrected chi connectivity index (χ3v) is 5.76. The van der Waals surface area contributed by atoms with E-state index in [1.165, 1.54) is 4.90 Å². The molecule has 0 saturated carbocycles. The molecule has 2 aromatic rings. The van der Waals surface area contributed by atoms with Crippen molar-refractivity contribution in [2.45, 2.75) is 6.42 Å². The molecular weight excluding hydrogens is 406 g/mol. The van der Waals surface area contributed by atoms with Gasteiger partial charge in [-0.25, -0.2) is 0 Å². The normalized spacial score (nSPS) is 18.2. The van der Waals surface area contributed by atoms with E-state index < -0.39 is 11.9 Å². The van der Waals surface area contributed by atoms with Crippen LogP contribution in [-0.4, -0.2) is 44.0 Å². The van der Waals surface area contributed by atoms with Gasteiger partial charge in [-0.05, 0) is 24.3 Å². The van der Waals surface area contributed by atoms with E-state index in [-0.39, 0.29) is 31.3 Å². The zero-order valence-electron chi connectivity index (χ0n) is 14.7. The van der Waals surface area contributed by atoms with Crippen molar-refractivity contribution < 1.29 is 28.6 Å². The molecule has 146 valence electrons. The van der Waals surface area contributed by atoms with Crippen LogP contribution in [0.4, 0.5) is 5.69 Å². The molecule has 0 radical (unpaired) electrons. The van der Waals surface area contributed by atoms with Crippen LogP contribution < -0.4 is 14.4 Å². The average molecular weight is 422 g/mol. The number of hydrogen-bond acceptors (Lipinski definition) is 7. The molecular formula is C19H16ClNO6S. The molecule has 1 atom stereocenters. The Morgan fingerprint density at radius 1 is 1.18 bits per heavy atom. The number of carbonyl (C=O) groups is 3. The number of fused-ring (bicyclic) bond motifs is 1. The Bertz CT molecular complexity index is 942. The molecule has 0 bridgehead atoms. The first-order valence-corrected chi connectivity index (χ1v) is 9.86. The summed E-state index contributed by atoms with van der Waals surface area (Å²) < 4.78 is 16.6. The van der Waals surface area contributed by atoms with Crippen LogP contribution in [0.5, 0.6) is 11.5 Å². The molecule has 1 fully saturated rings. The van der Waals surface area contributed by atoms with Crippen LogP contribution >= 0.6 is 22.9 Å². The van der Waals surface area contributed by atoms with Crippen molar-refractivity contribution in [2.75, 3.05) is 31.3 Å². The first-order valence-electron chi connectivity index (χ1n) is 8.66. The number of carbonyl (C=O) groups excluding carboxylic acids is 3. The van der Waals surface area contributed by atoms with Crippen LogP contribution in [-0.2, 0) is 14.3 Å². The molecule has 3 heterocycles. The number of thiophene rings is 1. The lowest BCUT2D eigenvalue weighted by Crippen LogP contribution is -2.27. The predicted octanol–water partition coefficient (Wildman–Crippen LogP) is 2.95. The molecule has 1 amide bonds. The summed E-state index contributed by atoms with van der Waals surface area (Å²) in [6.07, 6.45) is 0.0340. The van der Waals surface area contributed by atoms with Gasteiger partial charge in [0.25, 0.3) is 0 Å². The van der Waals surface area contributed by atoms with E-state index in [1.54, 1.807) is 30.3 Å². The summed E-state index contributed by atoms with van der Waals surface area (Å²) in [5, 5.41) is 0. The predicted molar refractivity (Wildman–Crippen MR) is 103 cm³/mol. The highest BCUT2D eigenvalue weighted by Gasteiger charge is 2.37. The molecule has 2 aliphatic rings. The number of benzene rings is 1. The Morgan fingerprint density at radius 3 is 2.71 bits per heavy atom. The molecule has 0 N–H and O–H groups in total. The maximum absolute atomic E-state index is 12.4. The molecule has 7 nitrogen and oxygen atoms in total. The number of hydrogen-bond donors (Lipinski definition) is 0. The lowest BCUT2D eigenvalue weighted by Gasteiger charge is -2.22. The number of anilines is 1. The lowest BCUT2D eigenvalue weighted by atomic mass is 10.1. The maximum Gasteiger partial charge on any atom is 0.311 e. The number of ether oxygens (including phenoxy) is 3. The minimum atomic E-state index is -0.625. The Balaban J connectivity index is 1.37. The zero-order chi connectivity index (χ0) is 19.7. The highest BCUT2D eigenvalue weighted by Crippen LogP contribution is 2.36. The summed E-state index contributed by atoms with van der Waals surface area (Å²) in [6.45, 7) is 0.753. The van der Waals surface area contributed by atoms with Crippen LogP contribution in [0.3, 0.4) is 0 Å². The van der Waals surface area contributed by atoms with E-state index in [9.17, 15) is 14.4 Å². The number of Topliss-reactive ketones (excluding diaryl/α,β-unsaturated/α-hetero) is 1. The van der Waals surface area contributed by atoms with Crippen molar-refractivity contribution in [1.82, 2.24) is 0 Å². The van der Waals surface area contributed by atoms with E-state index in [0.717, 1.165) is 11.3 Å². The summed E-state index contributed by atoms with van der Waals surface area (Å²) in [6, 6.07) is 8.43. The number of ketones is 1. The fourth-order valence-electron chi connectivity index (χ4n) is 3.10. The highest BCUT2D eigenvalue weighted by molar-refractivity contribution is 7.18. The number of halogens is 1. The molecule has 1 saturated heterocycles. The highest BCUT2D eigenvalue weighted by atomic mass is 35.5. The Kier molecular flexibility index (Phi) is 5.23. The van der Waals surface area contributed by atoms with Crippen molar-refractivity contribution in [2.24, 2.45) is 5.92 Å². The quantitative estimate of drug-likeness (QED) is 0.545. The fraction of sp³-hybridized carbons (Fsp3) is 0.316. The third kappa shape index (κ3) is 3.83. The number of esters is 1. The van der Waals surface area contributed by atoms with Crippen LogP contribution in [0.1, 0.15) is 16.1 Å². The van der Waals surface area contributed by atoms with E-state index in [2.05, 4.69) is 0 Å². The van der Waals surface area contributed by atoms with E-state index in [4.69, 9.17) is 25.8 Å². The fourth-order valence-corrected chi connectivity index (χ4v) is 4.07. The van der Waals surface area contributed by atoms with Gasteiger partial charge in [-0.3, -0.25) is 14.4 Å². The number of nitrogens with zero attached hydrogens (tertiary/aromatic N) is 1. The summed E-state index contributed by atoms with van der Waals surface area (Å²) in [7, 11) is 0. The molecule has 0 unspecified atom stereocenters. The molecule has 0 spiro atoms. The Hall–Kier alpha value is -2.58. The van der Waals surface area contributed by atoms with E-state index in [1.807, 2.05) is 0 Å². The van der Waals surface area contributed by atoms with Gasteiger partial charge in [-0.15, -0.1) is 11.3 Å². The van der Waals surface area contributed by atoms with Gasteiger partial charge in [0.15, 0.2) is 18.1 Å². The minimum Gasteiger partial charge on any atom is -0.486 e. The zero-order valence-corrected chi connectivity index (χ0v) is 16.3. The minimum absolute atomic E-state index is 0.0340. The Labute approximate surface area is 169 Å². The van der Waals surface area contributed by atoms with Crippen molar-refractivity contribution in [3.63, 3.8) is 0 Å². The molecule has 0 aliphatic carbocycles. The van der Waals surface area contributed by atoms with Crippen molar-refractivity contribution >= 4 is 46.3 Å². The van der Waals surface area contributed by atoms with Crippen molar-refractivity contribution in [3.8, 4) is 11.5 Å². The number of amides is 1. The smallest absolute Gasteiger partial charge is 0.311 e. The SMILES string of the molecule is O=C(COC(=O)[C@@H]1CC(=O)N(c2ccc3c(c2)OCCO3)C1)c1ccc(Cl)s1. The van der Waals surface area contributed by atoms with Crippen molar-refractivity contribution in [1.29, 1.82) is 0 Å². The second-order valence-electron chi connectivity index (χ2n) is 6.37. The maximum atomic E-state index is 12.4. The summed E-state index contributed by atoms with van der Waals surface area (Å²) in [5.41, 5.74) is 0.633. The van der Waals surface area contributed by atoms with E-state index in [0.29, 0.717) is 39.6 Å². The van der Waals surface area contributed by atoms with Gasteiger partial charge in [0.05, 0.1) is 15.1 Å². The topological polar surface area (TPSA) is 82.1 Å². The second kappa shape index (κ2) is 7.81. The first-order chi connectivity index (χ1) is 13.5. The third-order valence-electron chi connectivity index (χ3n) is 4.49. The summed E-state index contributed by atoms with van der Waals surface area (Å²) in [5.74, 6) is -0.495. The monoisotopic (exact) mass is 421 g/mol. The molecule has 1 aromatic heterocycles. The standard InChI is InChI=1S/C19H16ClNO6S/c20-17-4-3-16(28-17)13(22)10-27-19(24)11-7-18(23)21(9-11)12-1-2-14-15(8-12)26-6-5-25-14/h1-4,8,11H,5-7,9-10H2/t11-/m1/s1. The number of rotatable bonds is 5. The van der Waals surface area contributed by atoms with E-state index >= 15 is 0 Å². The van der Waals surface area contributed by atoms with Gasteiger partial charge in [-0.1, -0.05) is 11.6 Å². The molecule has 2 aliphatic heterocycles. The van der Waals surface area contributed by atoms with Gasteiger partial charge < -0.3 is 19.1 Å². The second-order valence-corrected chi connectivity index (χ2v) is 8.08. The van der Waals surface area contributed by atoms with Crippen LogP contribution in [0.25, 0.3) is 0 Å². The van der Waals surface area contributed by atoms with Crippen LogP contribution in [0, 0.1) is 5.92 Å². The summed E-state index contributed by atoms with van der Waals surface area (Å²) in [4.78, 5) is 38.7. The summed E-state index contributed by atoms with van der Waals surface area (Å²) >= 11 is 6.93. The van der Waals surface area contributed by atoms with Crippen LogP contribution in [0.2, 0.25) is 4.34 Å². The van der Waals surface area contributed by atoms with Gasteiger partial charge in [0.1, 0.15) is 13.2 Å². The van der Waals surface area contributed by atoms with Gasteiger partial charge in [0, 0.05) is 24.7 Å². The molecule has 4 rings (SSSR count). The first kappa shape index (κ1) is 18.8. The Morgan fingerprint density at radius 2 is 1.96 bits per heavy atom. The lowest BCUT2D eigenvalue weighted by molar-refractivity contribution is -0.147. The molecule has 28 heavy (non-hydrogen) atoms. The van der Waals surface area contributed by atoms with Gasteiger partial charge >= 0.3 is 5.97 Å². The average Bonchev–Trinajstić information content (AvgIpc) is 3.31. The molecule has 1 aromatic carbocycles. The van der Waals surface area contributed by atoms with Gasteiger partial charge in [0.2, 0.25) is 11.7 Å². The van der Waals surface area contributed by atoms with Gasteiger partial charge in [-0.2, -0.15) is 0 Å². The largest absolute Gasteiger partial charge is 0.486 e. The van der Waals surface area contributed by atoms with Crippen LogP contribution in [0.15, 0.2) is 30.3 Å². The molecule has 9 heteroatoms.